The second kappa shape index (κ2) is 3.07. The Morgan fingerprint density at radius 1 is 1.20 bits per heavy atom. The molecular formula is C12H13NO2. The summed E-state index contributed by atoms with van der Waals surface area (Å²) < 4.78 is 0. The lowest BCUT2D eigenvalue weighted by Crippen LogP contribution is -2.44. The molecule has 1 aromatic rings. The lowest BCUT2D eigenvalue weighted by molar-refractivity contribution is -0.122. The average molecular weight is 203 g/mol. The summed E-state index contributed by atoms with van der Waals surface area (Å²) in [6, 6.07) is 9.61. The van der Waals surface area contributed by atoms with Crippen LogP contribution in [0.2, 0.25) is 0 Å². The van der Waals surface area contributed by atoms with Gasteiger partial charge in [0.25, 0.3) is 0 Å². The summed E-state index contributed by atoms with van der Waals surface area (Å²) in [4.78, 5) is 13.7. The molecule has 15 heavy (non-hydrogen) atoms. The molecule has 1 saturated heterocycles. The molecule has 0 aromatic heterocycles. The van der Waals surface area contributed by atoms with Crippen molar-refractivity contribution in [3.8, 4) is 0 Å². The van der Waals surface area contributed by atoms with Crippen molar-refractivity contribution in [3.63, 3.8) is 0 Å². The summed E-state index contributed by atoms with van der Waals surface area (Å²) in [5.41, 5.74) is 0.911. The van der Waals surface area contributed by atoms with Crippen molar-refractivity contribution in [2.45, 2.75) is 25.0 Å². The van der Waals surface area contributed by atoms with Gasteiger partial charge >= 0.3 is 0 Å². The number of hydrogen-bond donors (Lipinski definition) is 1. The van der Waals surface area contributed by atoms with Crippen LogP contribution in [0, 0.1) is 5.92 Å². The minimum atomic E-state index is -0.340. The van der Waals surface area contributed by atoms with Crippen LogP contribution >= 0.6 is 0 Å². The van der Waals surface area contributed by atoms with E-state index in [2.05, 4.69) is 0 Å². The Labute approximate surface area is 88.3 Å². The van der Waals surface area contributed by atoms with Crippen molar-refractivity contribution in [3.05, 3.63) is 30.3 Å². The molecule has 1 aliphatic heterocycles. The van der Waals surface area contributed by atoms with Crippen LogP contribution in [0.1, 0.15) is 12.8 Å². The van der Waals surface area contributed by atoms with E-state index in [9.17, 15) is 9.90 Å². The number of rotatable bonds is 1. The van der Waals surface area contributed by atoms with Gasteiger partial charge in [-0.3, -0.25) is 4.79 Å². The number of nitrogens with zero attached hydrogens (tertiary/aromatic N) is 1. The normalized spacial score (nSPS) is 33.8. The Hall–Kier alpha value is -1.35. The SMILES string of the molecule is O=C1[C@H]2C[C@H](O)[C@H](C2)N1c1ccccc1. The summed E-state index contributed by atoms with van der Waals surface area (Å²) in [7, 11) is 0. The van der Waals surface area contributed by atoms with Gasteiger partial charge in [-0.25, -0.2) is 0 Å². The van der Waals surface area contributed by atoms with Gasteiger partial charge in [-0.2, -0.15) is 0 Å². The van der Waals surface area contributed by atoms with Crippen LogP contribution in [0.3, 0.4) is 0 Å². The molecular weight excluding hydrogens is 190 g/mol. The van der Waals surface area contributed by atoms with Gasteiger partial charge in [-0.1, -0.05) is 18.2 Å². The van der Waals surface area contributed by atoms with Crippen LogP contribution in [0.15, 0.2) is 30.3 Å². The Balaban J connectivity index is 1.97. The molecule has 1 aliphatic carbocycles. The number of piperidine rings is 1. The van der Waals surface area contributed by atoms with E-state index < -0.39 is 0 Å². The Bertz CT molecular complexity index is 390. The van der Waals surface area contributed by atoms with Gasteiger partial charge < -0.3 is 10.0 Å². The molecule has 1 heterocycles. The Morgan fingerprint density at radius 3 is 2.60 bits per heavy atom. The first-order chi connectivity index (χ1) is 7.27. The highest BCUT2D eigenvalue weighted by Crippen LogP contribution is 2.41. The minimum absolute atomic E-state index is 0.00454. The van der Waals surface area contributed by atoms with Gasteiger partial charge in [-0.05, 0) is 25.0 Å². The van der Waals surface area contributed by atoms with Crippen molar-refractivity contribution in [1.29, 1.82) is 0 Å². The zero-order valence-corrected chi connectivity index (χ0v) is 8.34. The number of aliphatic hydroxyl groups is 1. The summed E-state index contributed by atoms with van der Waals surface area (Å²) >= 11 is 0. The van der Waals surface area contributed by atoms with Crippen LogP contribution in [0.25, 0.3) is 0 Å². The molecule has 1 aromatic carbocycles. The van der Waals surface area contributed by atoms with Crippen LogP contribution in [0.4, 0.5) is 5.69 Å². The highest BCUT2D eigenvalue weighted by atomic mass is 16.3. The molecule has 2 aliphatic rings. The van der Waals surface area contributed by atoms with E-state index >= 15 is 0 Å². The smallest absolute Gasteiger partial charge is 0.230 e. The van der Waals surface area contributed by atoms with Gasteiger partial charge in [0, 0.05) is 11.6 Å². The van der Waals surface area contributed by atoms with Crippen LogP contribution in [0.5, 0.6) is 0 Å². The molecule has 0 unspecified atom stereocenters. The number of carbonyl (C=O) groups is 1. The predicted molar refractivity (Wildman–Crippen MR) is 56.4 cm³/mol. The van der Waals surface area contributed by atoms with Crippen molar-refractivity contribution in [1.82, 2.24) is 0 Å². The highest BCUT2D eigenvalue weighted by Gasteiger charge is 2.50. The van der Waals surface area contributed by atoms with Gasteiger partial charge in [-0.15, -0.1) is 0 Å². The standard InChI is InChI=1S/C12H13NO2/c14-11-7-8-6-10(11)13(12(8)15)9-4-2-1-3-5-9/h1-5,8,10-11,14H,6-7H2/t8-,10+,11+/m1/s1. The molecule has 0 radical (unpaired) electrons. The van der Waals surface area contributed by atoms with Crippen LogP contribution in [-0.2, 0) is 4.79 Å². The van der Waals surface area contributed by atoms with Crippen molar-refractivity contribution < 1.29 is 9.90 Å². The van der Waals surface area contributed by atoms with Gasteiger partial charge in [0.2, 0.25) is 5.91 Å². The first-order valence-electron chi connectivity index (χ1n) is 5.33. The second-order valence-corrected chi connectivity index (χ2v) is 4.35. The Kier molecular flexibility index (Phi) is 1.83. The monoisotopic (exact) mass is 203 g/mol. The molecule has 3 rings (SSSR count). The van der Waals surface area contributed by atoms with Crippen LogP contribution < -0.4 is 4.90 Å². The molecule has 3 heteroatoms. The fourth-order valence-electron chi connectivity index (χ4n) is 2.74. The van der Waals surface area contributed by atoms with Crippen LogP contribution in [-0.4, -0.2) is 23.2 Å². The number of para-hydroxylation sites is 1. The van der Waals surface area contributed by atoms with Crippen molar-refractivity contribution in [2.24, 2.45) is 5.92 Å². The quantitative estimate of drug-likeness (QED) is 0.744. The number of anilines is 1. The van der Waals surface area contributed by atoms with E-state index in [4.69, 9.17) is 0 Å². The van der Waals surface area contributed by atoms with Crippen molar-refractivity contribution in [2.75, 3.05) is 4.90 Å². The first kappa shape index (κ1) is 8.92. The summed E-state index contributed by atoms with van der Waals surface area (Å²) in [6.07, 6.45) is 1.12. The fourth-order valence-corrected chi connectivity index (χ4v) is 2.74. The third-order valence-corrected chi connectivity index (χ3v) is 3.45. The lowest BCUT2D eigenvalue weighted by atomic mass is 10.1. The molecule has 2 bridgehead atoms. The fraction of sp³-hybridized carbons (Fsp3) is 0.417. The third-order valence-electron chi connectivity index (χ3n) is 3.45. The molecule has 1 amide bonds. The zero-order valence-electron chi connectivity index (χ0n) is 8.34. The molecule has 0 spiro atoms. The predicted octanol–water partition coefficient (Wildman–Crippen LogP) is 1.17. The molecule has 3 nitrogen and oxygen atoms in total. The second-order valence-electron chi connectivity index (χ2n) is 4.35. The zero-order chi connectivity index (χ0) is 10.4. The van der Waals surface area contributed by atoms with Gasteiger partial charge in [0.15, 0.2) is 0 Å². The summed E-state index contributed by atoms with van der Waals surface area (Å²) in [5.74, 6) is 0.224. The number of amides is 1. The topological polar surface area (TPSA) is 40.5 Å². The first-order valence-corrected chi connectivity index (χ1v) is 5.33. The molecule has 3 atom stereocenters. The van der Waals surface area contributed by atoms with Gasteiger partial charge in [0.1, 0.15) is 0 Å². The van der Waals surface area contributed by atoms with E-state index in [1.54, 1.807) is 4.90 Å². The lowest BCUT2D eigenvalue weighted by Gasteiger charge is -2.30. The maximum atomic E-state index is 11.9. The molecule has 1 N–H and O–H groups in total. The number of aliphatic hydroxyl groups excluding tert-OH is 1. The number of fused-ring (bicyclic) bond motifs is 2. The van der Waals surface area contributed by atoms with E-state index in [0.29, 0.717) is 6.42 Å². The van der Waals surface area contributed by atoms with Crippen molar-refractivity contribution >= 4 is 11.6 Å². The highest BCUT2D eigenvalue weighted by molar-refractivity contribution is 5.99. The number of hydrogen-bond acceptors (Lipinski definition) is 2. The van der Waals surface area contributed by atoms with E-state index in [1.165, 1.54) is 0 Å². The summed E-state index contributed by atoms with van der Waals surface area (Å²) in [5, 5.41) is 9.77. The third kappa shape index (κ3) is 1.20. The van der Waals surface area contributed by atoms with Gasteiger partial charge in [0.05, 0.1) is 12.1 Å². The Morgan fingerprint density at radius 2 is 1.93 bits per heavy atom. The van der Waals surface area contributed by atoms with E-state index in [0.717, 1.165) is 12.1 Å². The molecule has 78 valence electrons. The largest absolute Gasteiger partial charge is 0.391 e. The maximum absolute atomic E-state index is 11.9. The average Bonchev–Trinajstić information content (AvgIpc) is 2.76. The van der Waals surface area contributed by atoms with E-state index in [-0.39, 0.29) is 24.0 Å². The number of carbonyl (C=O) groups excluding carboxylic acids is 1. The van der Waals surface area contributed by atoms with E-state index in [1.807, 2.05) is 30.3 Å². The molecule has 2 fully saturated rings. The minimum Gasteiger partial charge on any atom is -0.391 e. The maximum Gasteiger partial charge on any atom is 0.230 e. The number of benzene rings is 1. The molecule has 1 saturated carbocycles. The summed E-state index contributed by atoms with van der Waals surface area (Å²) in [6.45, 7) is 0.